The highest BCUT2D eigenvalue weighted by atomic mass is 16.5. The third kappa shape index (κ3) is 3.41. The van der Waals surface area contributed by atoms with Crippen LogP contribution >= 0.6 is 0 Å². The summed E-state index contributed by atoms with van der Waals surface area (Å²) in [4.78, 5) is 13.5. The van der Waals surface area contributed by atoms with E-state index in [2.05, 4.69) is 25.2 Å². The molecule has 1 aliphatic heterocycles. The van der Waals surface area contributed by atoms with Crippen molar-refractivity contribution in [3.05, 3.63) is 17.8 Å². The molecular formula is C13H20N4O2. The van der Waals surface area contributed by atoms with Gasteiger partial charge >= 0.3 is 5.97 Å². The van der Waals surface area contributed by atoms with E-state index in [1.807, 2.05) is 13.1 Å². The highest BCUT2D eigenvalue weighted by Gasteiger charge is 2.20. The summed E-state index contributed by atoms with van der Waals surface area (Å²) in [5.41, 5.74) is 0.247. The first kappa shape index (κ1) is 13.7. The zero-order chi connectivity index (χ0) is 13.7. The van der Waals surface area contributed by atoms with Crippen molar-refractivity contribution >= 4 is 11.8 Å². The Morgan fingerprint density at radius 2 is 2.16 bits per heavy atom. The van der Waals surface area contributed by atoms with Crippen molar-refractivity contribution in [2.45, 2.75) is 12.8 Å². The van der Waals surface area contributed by atoms with Gasteiger partial charge in [-0.1, -0.05) is 0 Å². The number of anilines is 1. The van der Waals surface area contributed by atoms with Crippen LogP contribution in [0.2, 0.25) is 0 Å². The van der Waals surface area contributed by atoms with Crippen LogP contribution in [-0.2, 0) is 4.74 Å². The fourth-order valence-electron chi connectivity index (χ4n) is 2.36. The van der Waals surface area contributed by atoms with Gasteiger partial charge in [0.15, 0.2) is 11.5 Å². The topological polar surface area (TPSA) is 67.4 Å². The molecule has 19 heavy (non-hydrogen) atoms. The van der Waals surface area contributed by atoms with Gasteiger partial charge in [-0.3, -0.25) is 0 Å². The lowest BCUT2D eigenvalue weighted by Gasteiger charge is -2.32. The lowest BCUT2D eigenvalue weighted by molar-refractivity contribution is 0.0592. The highest BCUT2D eigenvalue weighted by Crippen LogP contribution is 2.20. The minimum atomic E-state index is -0.452. The Hall–Kier alpha value is -1.69. The summed E-state index contributed by atoms with van der Waals surface area (Å²) in [6, 6.07) is 3.49. The molecule has 0 spiro atoms. The summed E-state index contributed by atoms with van der Waals surface area (Å²) in [7, 11) is 3.33. The molecule has 104 valence electrons. The number of ether oxygens (including phenoxy) is 1. The van der Waals surface area contributed by atoms with E-state index < -0.39 is 5.97 Å². The monoisotopic (exact) mass is 264 g/mol. The maximum absolute atomic E-state index is 11.3. The average Bonchev–Trinajstić information content (AvgIpc) is 2.48. The molecule has 0 bridgehead atoms. The Morgan fingerprint density at radius 1 is 1.42 bits per heavy atom. The lowest BCUT2D eigenvalue weighted by atomic mass is 9.97. The lowest BCUT2D eigenvalue weighted by Crippen LogP contribution is -2.37. The molecule has 1 aliphatic rings. The molecule has 2 heterocycles. The molecule has 0 aliphatic carbocycles. The van der Waals surface area contributed by atoms with E-state index in [0.717, 1.165) is 44.2 Å². The molecule has 0 atom stereocenters. The first-order valence-electron chi connectivity index (χ1n) is 6.56. The van der Waals surface area contributed by atoms with Crippen molar-refractivity contribution in [3.8, 4) is 0 Å². The number of piperidine rings is 1. The third-order valence-corrected chi connectivity index (χ3v) is 3.48. The van der Waals surface area contributed by atoms with Gasteiger partial charge in [0.05, 0.1) is 7.11 Å². The third-order valence-electron chi connectivity index (χ3n) is 3.48. The summed E-state index contributed by atoms with van der Waals surface area (Å²) in [5, 5.41) is 11.2. The highest BCUT2D eigenvalue weighted by molar-refractivity contribution is 5.86. The first-order chi connectivity index (χ1) is 9.24. The second-order valence-electron chi connectivity index (χ2n) is 4.76. The zero-order valence-corrected chi connectivity index (χ0v) is 11.4. The number of carbonyl (C=O) groups excluding carboxylic acids is 1. The van der Waals surface area contributed by atoms with E-state index in [1.165, 1.54) is 7.11 Å². The number of aromatic nitrogens is 2. The molecule has 1 aromatic rings. The van der Waals surface area contributed by atoms with E-state index >= 15 is 0 Å². The fourth-order valence-corrected chi connectivity index (χ4v) is 2.36. The molecular weight excluding hydrogens is 244 g/mol. The maximum atomic E-state index is 11.3. The van der Waals surface area contributed by atoms with Gasteiger partial charge in [0, 0.05) is 13.1 Å². The van der Waals surface area contributed by atoms with Crippen LogP contribution < -0.4 is 10.2 Å². The van der Waals surface area contributed by atoms with Crippen molar-refractivity contribution in [2.75, 3.05) is 38.7 Å². The number of hydrogen-bond donors (Lipinski definition) is 1. The second kappa shape index (κ2) is 6.47. The number of nitrogens with one attached hydrogen (secondary N) is 1. The van der Waals surface area contributed by atoms with E-state index in [-0.39, 0.29) is 5.69 Å². The predicted molar refractivity (Wildman–Crippen MR) is 72.2 cm³/mol. The van der Waals surface area contributed by atoms with Crippen molar-refractivity contribution in [1.82, 2.24) is 15.5 Å². The molecule has 6 nitrogen and oxygen atoms in total. The van der Waals surface area contributed by atoms with Gasteiger partial charge in [0.25, 0.3) is 0 Å². The summed E-state index contributed by atoms with van der Waals surface area (Å²) >= 11 is 0. The van der Waals surface area contributed by atoms with Gasteiger partial charge in [-0.05, 0) is 44.5 Å². The van der Waals surface area contributed by atoms with Crippen LogP contribution in [0.3, 0.4) is 0 Å². The van der Waals surface area contributed by atoms with Gasteiger partial charge in [-0.2, -0.15) is 0 Å². The van der Waals surface area contributed by atoms with Crippen LogP contribution in [0.25, 0.3) is 0 Å². The van der Waals surface area contributed by atoms with E-state index in [1.54, 1.807) is 6.07 Å². The summed E-state index contributed by atoms with van der Waals surface area (Å²) in [6.45, 7) is 3.04. The minimum absolute atomic E-state index is 0.247. The van der Waals surface area contributed by atoms with Crippen molar-refractivity contribution in [1.29, 1.82) is 0 Å². The molecule has 0 saturated carbocycles. The molecule has 1 aromatic heterocycles. The standard InChI is InChI=1S/C13H20N4O2/c1-14-9-10-5-7-17(8-6-10)12-4-3-11(15-16-12)13(18)19-2/h3-4,10,14H,5-9H2,1-2H3. The Bertz CT molecular complexity index is 413. The molecule has 0 unspecified atom stereocenters. The summed E-state index contributed by atoms with van der Waals surface area (Å²) in [6.07, 6.45) is 2.31. The summed E-state index contributed by atoms with van der Waals surface area (Å²) in [5.74, 6) is 1.12. The number of rotatable bonds is 4. The quantitative estimate of drug-likeness (QED) is 0.807. The van der Waals surface area contributed by atoms with Crippen LogP contribution in [0.5, 0.6) is 0 Å². The largest absolute Gasteiger partial charge is 0.464 e. The Kier molecular flexibility index (Phi) is 4.68. The minimum Gasteiger partial charge on any atom is -0.464 e. The predicted octanol–water partition coefficient (Wildman–Crippen LogP) is 0.699. The van der Waals surface area contributed by atoms with Gasteiger partial charge < -0.3 is 15.0 Å². The van der Waals surface area contributed by atoms with Crippen molar-refractivity contribution in [3.63, 3.8) is 0 Å². The molecule has 6 heteroatoms. The van der Waals surface area contributed by atoms with Crippen LogP contribution in [0, 0.1) is 5.92 Å². The van der Waals surface area contributed by atoms with E-state index in [4.69, 9.17) is 0 Å². The molecule has 1 fully saturated rings. The average molecular weight is 264 g/mol. The van der Waals surface area contributed by atoms with Crippen LogP contribution in [0.4, 0.5) is 5.82 Å². The van der Waals surface area contributed by atoms with Crippen LogP contribution in [0.15, 0.2) is 12.1 Å². The molecule has 0 aromatic carbocycles. The Morgan fingerprint density at radius 3 is 2.68 bits per heavy atom. The zero-order valence-electron chi connectivity index (χ0n) is 11.4. The summed E-state index contributed by atoms with van der Waals surface area (Å²) < 4.78 is 4.60. The molecule has 0 radical (unpaired) electrons. The second-order valence-corrected chi connectivity index (χ2v) is 4.76. The fraction of sp³-hybridized carbons (Fsp3) is 0.615. The number of esters is 1. The maximum Gasteiger partial charge on any atom is 0.358 e. The molecule has 2 rings (SSSR count). The molecule has 1 N–H and O–H groups in total. The van der Waals surface area contributed by atoms with Gasteiger partial charge in [-0.15, -0.1) is 10.2 Å². The SMILES string of the molecule is CNCC1CCN(c2ccc(C(=O)OC)nn2)CC1. The smallest absolute Gasteiger partial charge is 0.358 e. The number of carbonyl (C=O) groups is 1. The molecule has 1 saturated heterocycles. The van der Waals surface area contributed by atoms with Crippen LogP contribution in [-0.4, -0.2) is 50.0 Å². The van der Waals surface area contributed by atoms with Crippen molar-refractivity contribution < 1.29 is 9.53 Å². The number of methoxy groups -OCH3 is 1. The Labute approximate surface area is 113 Å². The number of nitrogens with zero attached hydrogens (tertiary/aromatic N) is 3. The van der Waals surface area contributed by atoms with Crippen LogP contribution in [0.1, 0.15) is 23.3 Å². The van der Waals surface area contributed by atoms with Gasteiger partial charge in [0.2, 0.25) is 0 Å². The molecule has 0 amide bonds. The Balaban J connectivity index is 1.94. The van der Waals surface area contributed by atoms with Gasteiger partial charge in [0.1, 0.15) is 0 Å². The van der Waals surface area contributed by atoms with E-state index in [0.29, 0.717) is 0 Å². The van der Waals surface area contributed by atoms with Gasteiger partial charge in [-0.25, -0.2) is 4.79 Å². The number of hydrogen-bond acceptors (Lipinski definition) is 6. The van der Waals surface area contributed by atoms with E-state index in [9.17, 15) is 4.79 Å². The normalized spacial score (nSPS) is 16.4. The first-order valence-corrected chi connectivity index (χ1v) is 6.56. The van der Waals surface area contributed by atoms with Crippen molar-refractivity contribution in [2.24, 2.45) is 5.92 Å².